The number of nitrogens with one attached hydrogen (secondary N) is 1. The van der Waals surface area contributed by atoms with E-state index in [2.05, 4.69) is 31.0 Å². The van der Waals surface area contributed by atoms with Gasteiger partial charge in [-0.2, -0.15) is 0 Å². The largest absolute Gasteiger partial charge is 0.322 e. The number of imide groups is 1. The van der Waals surface area contributed by atoms with Crippen molar-refractivity contribution in [1.82, 2.24) is 15.1 Å². The fraction of sp³-hybridized carbons (Fsp3) is 0.526. The number of nitrogens with zero attached hydrogens (tertiary/aromatic N) is 3. The fourth-order valence-electron chi connectivity index (χ4n) is 3.41. The highest BCUT2D eigenvalue weighted by Crippen LogP contribution is 2.33. The third kappa shape index (κ3) is 4.53. The van der Waals surface area contributed by atoms with Crippen molar-refractivity contribution in [3.8, 4) is 0 Å². The first-order chi connectivity index (χ1) is 13.3. The number of amides is 3. The molecule has 0 saturated carbocycles. The zero-order valence-corrected chi connectivity index (χ0v) is 16.4. The standard InChI is InChI=1S/C13H11N3O5.C6H15N/c17-11-5-4-10(12(18)14-11)15-6-8-7(13(15)19)2-1-3-9(8)16(20)21;1-4-7(5-2)6-3/h1-3,10H,4-6H2,(H,14,17,18);4-6H2,1-3H3. The molecule has 3 rings (SSSR count). The summed E-state index contributed by atoms with van der Waals surface area (Å²) in [5.74, 6) is -1.32. The van der Waals surface area contributed by atoms with Gasteiger partial charge in [0.25, 0.3) is 11.6 Å². The van der Waals surface area contributed by atoms with Gasteiger partial charge in [-0.25, -0.2) is 0 Å². The maximum Gasteiger partial charge on any atom is 0.275 e. The van der Waals surface area contributed by atoms with E-state index in [1.807, 2.05) is 0 Å². The Balaban J connectivity index is 0.000000345. The van der Waals surface area contributed by atoms with Crippen molar-refractivity contribution in [3.63, 3.8) is 0 Å². The SMILES string of the molecule is CCN(CC)CC.O=C1CCC(N2Cc3c(cccc3[N+](=O)[O-])C2=O)C(=O)N1. The second-order valence-electron chi connectivity index (χ2n) is 6.58. The van der Waals surface area contributed by atoms with Gasteiger partial charge in [-0.1, -0.05) is 26.8 Å². The number of carbonyl (C=O) groups is 3. The Hall–Kier alpha value is -2.81. The van der Waals surface area contributed by atoms with Crippen molar-refractivity contribution >= 4 is 23.4 Å². The molecule has 152 valence electrons. The number of fused-ring (bicyclic) bond motifs is 1. The van der Waals surface area contributed by atoms with Crippen LogP contribution in [-0.4, -0.2) is 58.1 Å². The first kappa shape index (κ1) is 21.5. The Kier molecular flexibility index (Phi) is 7.22. The monoisotopic (exact) mass is 390 g/mol. The van der Waals surface area contributed by atoms with Crippen molar-refractivity contribution in [1.29, 1.82) is 0 Å². The van der Waals surface area contributed by atoms with Crippen molar-refractivity contribution < 1.29 is 19.3 Å². The molecule has 1 aromatic rings. The van der Waals surface area contributed by atoms with Crippen LogP contribution in [0.5, 0.6) is 0 Å². The Bertz CT molecular complexity index is 770. The van der Waals surface area contributed by atoms with Crippen LogP contribution >= 0.6 is 0 Å². The molecule has 2 aliphatic rings. The van der Waals surface area contributed by atoms with E-state index < -0.39 is 22.8 Å². The van der Waals surface area contributed by atoms with Crippen LogP contribution in [0.3, 0.4) is 0 Å². The minimum absolute atomic E-state index is 0.0115. The van der Waals surface area contributed by atoms with E-state index in [-0.39, 0.29) is 36.5 Å². The van der Waals surface area contributed by atoms with Crippen LogP contribution in [0.1, 0.15) is 49.5 Å². The number of piperidine rings is 1. The third-order valence-corrected chi connectivity index (χ3v) is 5.10. The minimum Gasteiger partial charge on any atom is -0.322 e. The van der Waals surface area contributed by atoms with E-state index in [0.29, 0.717) is 5.56 Å². The molecule has 0 spiro atoms. The Labute approximate surface area is 163 Å². The van der Waals surface area contributed by atoms with Crippen LogP contribution < -0.4 is 5.32 Å². The lowest BCUT2D eigenvalue weighted by atomic mass is 10.0. The number of nitro benzene ring substituents is 1. The molecule has 28 heavy (non-hydrogen) atoms. The van der Waals surface area contributed by atoms with Crippen LogP contribution in [0.25, 0.3) is 0 Å². The Morgan fingerprint density at radius 1 is 1.18 bits per heavy atom. The number of hydrogen-bond donors (Lipinski definition) is 1. The topological polar surface area (TPSA) is 113 Å². The molecule has 9 nitrogen and oxygen atoms in total. The van der Waals surface area contributed by atoms with Gasteiger partial charge in [0.05, 0.1) is 22.6 Å². The second-order valence-corrected chi connectivity index (χ2v) is 6.58. The van der Waals surface area contributed by atoms with Gasteiger partial charge in [-0.3, -0.25) is 29.8 Å². The molecule has 1 N–H and O–H groups in total. The molecule has 3 amide bonds. The van der Waals surface area contributed by atoms with E-state index in [0.717, 1.165) is 0 Å². The van der Waals surface area contributed by atoms with Crippen LogP contribution in [0, 0.1) is 10.1 Å². The zero-order chi connectivity index (χ0) is 20.8. The molecule has 1 aromatic carbocycles. The van der Waals surface area contributed by atoms with Crippen LogP contribution in [-0.2, 0) is 16.1 Å². The minimum atomic E-state index is -0.762. The molecular formula is C19H26N4O5. The lowest BCUT2D eigenvalue weighted by molar-refractivity contribution is -0.385. The van der Waals surface area contributed by atoms with Crippen LogP contribution in [0.4, 0.5) is 5.69 Å². The molecular weight excluding hydrogens is 364 g/mol. The highest BCUT2D eigenvalue weighted by atomic mass is 16.6. The summed E-state index contributed by atoms with van der Waals surface area (Å²) in [4.78, 5) is 49.5. The molecule has 9 heteroatoms. The number of hydrogen-bond acceptors (Lipinski definition) is 6. The number of benzene rings is 1. The summed E-state index contributed by atoms with van der Waals surface area (Å²) in [6.07, 6.45) is 0.386. The Morgan fingerprint density at radius 3 is 2.32 bits per heavy atom. The van der Waals surface area contributed by atoms with Crippen molar-refractivity contribution in [3.05, 3.63) is 39.4 Å². The summed E-state index contributed by atoms with van der Waals surface area (Å²) in [6.45, 7) is 10.1. The summed E-state index contributed by atoms with van der Waals surface area (Å²) >= 11 is 0. The molecule has 1 unspecified atom stereocenters. The molecule has 2 aliphatic heterocycles. The predicted molar refractivity (Wildman–Crippen MR) is 103 cm³/mol. The molecule has 0 aliphatic carbocycles. The number of rotatable bonds is 5. The zero-order valence-electron chi connectivity index (χ0n) is 16.4. The van der Waals surface area contributed by atoms with Gasteiger partial charge < -0.3 is 9.80 Å². The van der Waals surface area contributed by atoms with Gasteiger partial charge in [0, 0.05) is 12.5 Å². The maximum absolute atomic E-state index is 12.3. The van der Waals surface area contributed by atoms with Crippen molar-refractivity contribution in [2.75, 3.05) is 19.6 Å². The quantitative estimate of drug-likeness (QED) is 0.465. The van der Waals surface area contributed by atoms with E-state index in [4.69, 9.17) is 0 Å². The summed E-state index contributed by atoms with van der Waals surface area (Å²) < 4.78 is 0. The molecule has 0 bridgehead atoms. The summed E-state index contributed by atoms with van der Waals surface area (Å²) in [7, 11) is 0. The van der Waals surface area contributed by atoms with Gasteiger partial charge in [0.2, 0.25) is 11.8 Å². The maximum atomic E-state index is 12.3. The number of carbonyl (C=O) groups excluding carboxylic acids is 3. The molecule has 0 aromatic heterocycles. The average Bonchev–Trinajstić information content (AvgIpc) is 3.00. The highest BCUT2D eigenvalue weighted by molar-refractivity contribution is 6.05. The van der Waals surface area contributed by atoms with Gasteiger partial charge in [0.15, 0.2) is 0 Å². The van der Waals surface area contributed by atoms with Crippen LogP contribution in [0.2, 0.25) is 0 Å². The van der Waals surface area contributed by atoms with Gasteiger partial charge in [0.1, 0.15) is 6.04 Å². The summed E-state index contributed by atoms with van der Waals surface area (Å²) in [5.41, 5.74) is 0.432. The van der Waals surface area contributed by atoms with E-state index in [1.165, 1.54) is 42.7 Å². The van der Waals surface area contributed by atoms with E-state index in [1.54, 1.807) is 0 Å². The molecule has 0 radical (unpaired) electrons. The summed E-state index contributed by atoms with van der Waals surface area (Å²) in [5, 5.41) is 13.2. The molecule has 2 heterocycles. The second kappa shape index (κ2) is 9.41. The average molecular weight is 390 g/mol. The Morgan fingerprint density at radius 2 is 1.82 bits per heavy atom. The third-order valence-electron chi connectivity index (χ3n) is 5.10. The molecule has 1 atom stereocenters. The van der Waals surface area contributed by atoms with Crippen molar-refractivity contribution in [2.24, 2.45) is 0 Å². The number of nitro groups is 1. The fourth-order valence-corrected chi connectivity index (χ4v) is 3.41. The van der Waals surface area contributed by atoms with Gasteiger partial charge >= 0.3 is 0 Å². The van der Waals surface area contributed by atoms with Gasteiger partial charge in [-0.05, 0) is 32.1 Å². The molecule has 1 saturated heterocycles. The lowest BCUT2D eigenvalue weighted by Crippen LogP contribution is -2.52. The molecule has 1 fully saturated rings. The normalized spacial score (nSPS) is 18.5. The van der Waals surface area contributed by atoms with E-state index in [9.17, 15) is 24.5 Å². The van der Waals surface area contributed by atoms with Crippen LogP contribution in [0.15, 0.2) is 18.2 Å². The van der Waals surface area contributed by atoms with E-state index >= 15 is 0 Å². The first-order valence-corrected chi connectivity index (χ1v) is 9.47. The predicted octanol–water partition coefficient (Wildman–Crippen LogP) is 1.70. The lowest BCUT2D eigenvalue weighted by Gasteiger charge is -2.29. The van der Waals surface area contributed by atoms with Crippen molar-refractivity contribution in [2.45, 2.75) is 46.2 Å². The first-order valence-electron chi connectivity index (χ1n) is 9.47. The smallest absolute Gasteiger partial charge is 0.275 e. The van der Waals surface area contributed by atoms with Gasteiger partial charge in [-0.15, -0.1) is 0 Å². The summed E-state index contributed by atoms with van der Waals surface area (Å²) in [6, 6.07) is 3.53. The highest BCUT2D eigenvalue weighted by Gasteiger charge is 2.41.